The van der Waals surface area contributed by atoms with Crippen molar-refractivity contribution in [2.24, 2.45) is 11.8 Å². The summed E-state index contributed by atoms with van der Waals surface area (Å²) in [6.07, 6.45) is 5.89. The molecule has 0 spiro atoms. The number of aromatic nitrogens is 3. The molecule has 1 amide bonds. The van der Waals surface area contributed by atoms with Crippen LogP contribution in [-0.2, 0) is 0 Å². The Morgan fingerprint density at radius 1 is 1.47 bits per heavy atom. The summed E-state index contributed by atoms with van der Waals surface area (Å²) >= 11 is 0. The van der Waals surface area contributed by atoms with Crippen LogP contribution in [0.25, 0.3) is 0 Å². The summed E-state index contributed by atoms with van der Waals surface area (Å²) in [5.41, 5.74) is 0.307. The Labute approximate surface area is 99.8 Å². The molecule has 1 saturated carbocycles. The van der Waals surface area contributed by atoms with Crippen molar-refractivity contribution in [1.82, 2.24) is 20.7 Å². The lowest BCUT2D eigenvalue weighted by Gasteiger charge is -2.30. The number of aliphatic hydroxyl groups excluding tert-OH is 1. The maximum absolute atomic E-state index is 11.6. The molecule has 1 aromatic heterocycles. The lowest BCUT2D eigenvalue weighted by atomic mass is 9.79. The van der Waals surface area contributed by atoms with Crippen LogP contribution in [0.5, 0.6) is 0 Å². The first-order chi connectivity index (χ1) is 8.31. The molecule has 1 heterocycles. The highest BCUT2D eigenvalue weighted by Crippen LogP contribution is 2.29. The van der Waals surface area contributed by atoms with Gasteiger partial charge in [-0.25, -0.2) is 0 Å². The molecule has 2 unspecified atom stereocenters. The smallest absolute Gasteiger partial charge is 0.273 e. The van der Waals surface area contributed by atoms with Gasteiger partial charge in [-0.15, -0.1) is 0 Å². The van der Waals surface area contributed by atoms with Crippen LogP contribution < -0.4 is 5.32 Å². The molecular weight excluding hydrogens is 220 g/mol. The molecule has 2 rings (SSSR count). The van der Waals surface area contributed by atoms with E-state index in [-0.39, 0.29) is 12.5 Å². The van der Waals surface area contributed by atoms with E-state index in [1.165, 1.54) is 19.0 Å². The molecule has 1 fully saturated rings. The molecule has 1 aliphatic rings. The van der Waals surface area contributed by atoms with E-state index < -0.39 is 0 Å². The van der Waals surface area contributed by atoms with Gasteiger partial charge in [0.2, 0.25) is 0 Å². The van der Waals surface area contributed by atoms with Crippen LogP contribution in [0, 0.1) is 11.8 Å². The molecule has 2 atom stereocenters. The SMILES string of the molecule is O=C(NCC1CCCCC1CO)c1cn[nH]n1. The Balaban J connectivity index is 1.82. The van der Waals surface area contributed by atoms with Gasteiger partial charge in [0.15, 0.2) is 5.69 Å². The summed E-state index contributed by atoms with van der Waals surface area (Å²) in [4.78, 5) is 11.6. The van der Waals surface area contributed by atoms with Gasteiger partial charge in [-0.2, -0.15) is 15.4 Å². The Morgan fingerprint density at radius 2 is 2.24 bits per heavy atom. The highest BCUT2D eigenvalue weighted by atomic mass is 16.3. The molecule has 0 aliphatic heterocycles. The van der Waals surface area contributed by atoms with Crippen LogP contribution in [0.3, 0.4) is 0 Å². The van der Waals surface area contributed by atoms with Crippen molar-refractivity contribution in [3.05, 3.63) is 11.9 Å². The third kappa shape index (κ3) is 3.03. The average molecular weight is 238 g/mol. The predicted octanol–water partition coefficient (Wildman–Crippen LogP) is 0.333. The zero-order chi connectivity index (χ0) is 12.1. The highest BCUT2D eigenvalue weighted by molar-refractivity contribution is 5.91. The number of carbonyl (C=O) groups is 1. The number of H-pyrrole nitrogens is 1. The first kappa shape index (κ1) is 12.0. The minimum Gasteiger partial charge on any atom is -0.396 e. The Kier molecular flexibility index (Phi) is 4.08. The Morgan fingerprint density at radius 3 is 2.88 bits per heavy atom. The number of aliphatic hydroxyl groups is 1. The summed E-state index contributed by atoms with van der Waals surface area (Å²) in [5.74, 6) is 0.493. The Hall–Kier alpha value is -1.43. The normalized spacial score (nSPS) is 24.5. The van der Waals surface area contributed by atoms with Gasteiger partial charge < -0.3 is 10.4 Å². The fraction of sp³-hybridized carbons (Fsp3) is 0.727. The van der Waals surface area contributed by atoms with E-state index in [9.17, 15) is 9.90 Å². The number of hydrogen-bond acceptors (Lipinski definition) is 4. The number of amides is 1. The standard InChI is InChI=1S/C11H18N4O2/c16-7-9-4-2-1-3-8(9)5-12-11(17)10-6-13-15-14-10/h6,8-9,16H,1-5,7H2,(H,12,17)(H,13,14,15). The number of nitrogens with zero attached hydrogens (tertiary/aromatic N) is 2. The largest absolute Gasteiger partial charge is 0.396 e. The lowest BCUT2D eigenvalue weighted by Crippen LogP contribution is -2.35. The average Bonchev–Trinajstić information content (AvgIpc) is 2.90. The molecule has 0 saturated heterocycles. The number of rotatable bonds is 4. The van der Waals surface area contributed by atoms with Crippen molar-refractivity contribution in [1.29, 1.82) is 0 Å². The predicted molar refractivity (Wildman–Crippen MR) is 61.2 cm³/mol. The van der Waals surface area contributed by atoms with Gasteiger partial charge in [0.05, 0.1) is 6.20 Å². The number of aromatic amines is 1. The summed E-state index contributed by atoms with van der Waals surface area (Å²) in [6.45, 7) is 0.821. The second-order valence-electron chi connectivity index (χ2n) is 4.55. The molecule has 3 N–H and O–H groups in total. The number of hydrogen-bond donors (Lipinski definition) is 3. The van der Waals surface area contributed by atoms with Gasteiger partial charge in [-0.3, -0.25) is 4.79 Å². The maximum atomic E-state index is 11.6. The van der Waals surface area contributed by atoms with E-state index in [4.69, 9.17) is 0 Å². The van der Waals surface area contributed by atoms with Crippen molar-refractivity contribution in [2.75, 3.05) is 13.2 Å². The van der Waals surface area contributed by atoms with Crippen molar-refractivity contribution >= 4 is 5.91 Å². The minimum atomic E-state index is -0.207. The van der Waals surface area contributed by atoms with E-state index >= 15 is 0 Å². The molecule has 94 valence electrons. The zero-order valence-corrected chi connectivity index (χ0v) is 9.72. The molecule has 0 radical (unpaired) electrons. The van der Waals surface area contributed by atoms with Crippen molar-refractivity contribution in [3.63, 3.8) is 0 Å². The van der Waals surface area contributed by atoms with Crippen LogP contribution in [-0.4, -0.2) is 39.6 Å². The molecule has 1 aromatic rings. The monoisotopic (exact) mass is 238 g/mol. The number of nitrogens with one attached hydrogen (secondary N) is 2. The first-order valence-corrected chi connectivity index (χ1v) is 6.06. The fourth-order valence-electron chi connectivity index (χ4n) is 2.42. The molecule has 1 aliphatic carbocycles. The van der Waals surface area contributed by atoms with Crippen LogP contribution >= 0.6 is 0 Å². The van der Waals surface area contributed by atoms with Gasteiger partial charge in [-0.05, 0) is 24.7 Å². The van der Waals surface area contributed by atoms with Crippen LogP contribution in [0.2, 0.25) is 0 Å². The lowest BCUT2D eigenvalue weighted by molar-refractivity contribution is 0.0904. The summed E-state index contributed by atoms with van der Waals surface area (Å²) in [5, 5.41) is 21.8. The molecule has 17 heavy (non-hydrogen) atoms. The van der Waals surface area contributed by atoms with Crippen LogP contribution in [0.15, 0.2) is 6.20 Å². The van der Waals surface area contributed by atoms with Crippen molar-refractivity contribution < 1.29 is 9.90 Å². The fourth-order valence-corrected chi connectivity index (χ4v) is 2.42. The van der Waals surface area contributed by atoms with Gasteiger partial charge in [0, 0.05) is 13.2 Å². The Bertz CT molecular complexity index is 352. The van der Waals surface area contributed by atoms with E-state index in [0.29, 0.717) is 24.1 Å². The van der Waals surface area contributed by atoms with E-state index in [2.05, 4.69) is 20.7 Å². The van der Waals surface area contributed by atoms with E-state index in [1.54, 1.807) is 0 Å². The number of carbonyl (C=O) groups excluding carboxylic acids is 1. The van der Waals surface area contributed by atoms with Crippen LogP contribution in [0.4, 0.5) is 0 Å². The van der Waals surface area contributed by atoms with Gasteiger partial charge >= 0.3 is 0 Å². The molecule has 0 aromatic carbocycles. The minimum absolute atomic E-state index is 0.207. The first-order valence-electron chi connectivity index (χ1n) is 6.06. The summed E-state index contributed by atoms with van der Waals surface area (Å²) in [6, 6.07) is 0. The summed E-state index contributed by atoms with van der Waals surface area (Å²) < 4.78 is 0. The summed E-state index contributed by atoms with van der Waals surface area (Å²) in [7, 11) is 0. The second kappa shape index (κ2) is 5.77. The van der Waals surface area contributed by atoms with Gasteiger partial charge in [-0.1, -0.05) is 12.8 Å². The molecule has 0 bridgehead atoms. The van der Waals surface area contributed by atoms with E-state index in [1.807, 2.05) is 0 Å². The highest BCUT2D eigenvalue weighted by Gasteiger charge is 2.25. The van der Waals surface area contributed by atoms with Crippen molar-refractivity contribution in [3.8, 4) is 0 Å². The third-order valence-corrected chi connectivity index (χ3v) is 3.47. The molecular formula is C11H18N4O2. The van der Waals surface area contributed by atoms with E-state index in [0.717, 1.165) is 12.8 Å². The maximum Gasteiger partial charge on any atom is 0.273 e. The van der Waals surface area contributed by atoms with Crippen molar-refractivity contribution in [2.45, 2.75) is 25.7 Å². The van der Waals surface area contributed by atoms with Gasteiger partial charge in [0.25, 0.3) is 5.91 Å². The molecule has 6 nitrogen and oxygen atoms in total. The second-order valence-corrected chi connectivity index (χ2v) is 4.55. The van der Waals surface area contributed by atoms with Crippen LogP contribution in [0.1, 0.15) is 36.2 Å². The third-order valence-electron chi connectivity index (χ3n) is 3.47. The quantitative estimate of drug-likeness (QED) is 0.705. The van der Waals surface area contributed by atoms with Gasteiger partial charge in [0.1, 0.15) is 0 Å². The topological polar surface area (TPSA) is 90.9 Å². The zero-order valence-electron chi connectivity index (χ0n) is 9.72. The molecule has 6 heteroatoms.